The Bertz CT molecular complexity index is 1450. The molecule has 1 aromatic carbocycles. The number of likely N-dealkylation sites (tertiary alicyclic amines) is 1. The van der Waals surface area contributed by atoms with Crippen LogP contribution in [-0.4, -0.2) is 62.2 Å². The second-order valence-corrected chi connectivity index (χ2v) is 12.6. The van der Waals surface area contributed by atoms with E-state index in [4.69, 9.17) is 0 Å². The first-order chi connectivity index (χ1) is 18.8. The standard InChI is InChI=1S/C27H29N5O5S2/c33-25(29-18-19-9-14-31(15-10-19)27(35)21-7-11-28-12-8-21)26(34)30-22-6-5-20-3-1-13-32(23(20)17-22)39(36,37)24-4-2-16-38-24/h2,4-8,11-12,16-17,19H,1,3,9-10,13-15,18H2,(H,29,33)(H,30,34). The van der Waals surface area contributed by atoms with Crippen LogP contribution in [0, 0.1) is 5.92 Å². The summed E-state index contributed by atoms with van der Waals surface area (Å²) in [6.45, 7) is 1.83. The van der Waals surface area contributed by atoms with Crippen molar-refractivity contribution in [3.8, 4) is 0 Å². The third kappa shape index (κ3) is 5.96. The second kappa shape index (κ2) is 11.5. The van der Waals surface area contributed by atoms with Gasteiger partial charge < -0.3 is 15.5 Å². The Kier molecular flexibility index (Phi) is 7.94. The van der Waals surface area contributed by atoms with E-state index < -0.39 is 21.8 Å². The van der Waals surface area contributed by atoms with E-state index in [1.807, 2.05) is 0 Å². The van der Waals surface area contributed by atoms with Gasteiger partial charge in [0.1, 0.15) is 4.21 Å². The maximum atomic E-state index is 13.2. The van der Waals surface area contributed by atoms with Crippen LogP contribution >= 0.6 is 11.3 Å². The minimum Gasteiger partial charge on any atom is -0.348 e. The quantitative estimate of drug-likeness (QED) is 0.441. The highest BCUT2D eigenvalue weighted by molar-refractivity contribution is 7.94. The fourth-order valence-corrected chi connectivity index (χ4v) is 7.55. The molecule has 204 valence electrons. The molecule has 0 spiro atoms. The van der Waals surface area contributed by atoms with Crippen LogP contribution in [0.2, 0.25) is 0 Å². The van der Waals surface area contributed by atoms with E-state index in [0.29, 0.717) is 49.5 Å². The molecule has 0 aliphatic carbocycles. The number of aromatic nitrogens is 1. The van der Waals surface area contributed by atoms with Crippen LogP contribution < -0.4 is 14.9 Å². The van der Waals surface area contributed by atoms with E-state index >= 15 is 0 Å². The number of piperidine rings is 1. The normalized spacial score (nSPS) is 15.9. The van der Waals surface area contributed by atoms with Crippen molar-refractivity contribution in [3.05, 3.63) is 71.4 Å². The van der Waals surface area contributed by atoms with E-state index in [0.717, 1.165) is 36.2 Å². The lowest BCUT2D eigenvalue weighted by Crippen LogP contribution is -2.43. The largest absolute Gasteiger partial charge is 0.348 e. The highest BCUT2D eigenvalue weighted by Crippen LogP contribution is 2.35. The molecule has 5 rings (SSSR count). The van der Waals surface area contributed by atoms with Crippen LogP contribution in [0.3, 0.4) is 0 Å². The molecule has 0 radical (unpaired) electrons. The van der Waals surface area contributed by atoms with Crippen molar-refractivity contribution < 1.29 is 22.8 Å². The predicted molar refractivity (Wildman–Crippen MR) is 148 cm³/mol. The number of carbonyl (C=O) groups excluding carboxylic acids is 3. The predicted octanol–water partition coefficient (Wildman–Crippen LogP) is 2.89. The summed E-state index contributed by atoms with van der Waals surface area (Å²) in [7, 11) is -3.71. The van der Waals surface area contributed by atoms with Gasteiger partial charge in [0.25, 0.3) is 15.9 Å². The molecular weight excluding hydrogens is 538 g/mol. The summed E-state index contributed by atoms with van der Waals surface area (Å²) in [6.07, 6.45) is 6.05. The molecule has 10 nitrogen and oxygen atoms in total. The lowest BCUT2D eigenvalue weighted by atomic mass is 9.96. The fraction of sp³-hybridized carbons (Fsp3) is 0.333. The number of pyridine rings is 1. The summed E-state index contributed by atoms with van der Waals surface area (Å²) < 4.78 is 28.0. The molecular formula is C27H29N5O5S2. The second-order valence-electron chi connectivity index (χ2n) is 9.59. The molecule has 12 heteroatoms. The highest BCUT2D eigenvalue weighted by Gasteiger charge is 2.30. The molecule has 0 unspecified atom stereocenters. The number of sulfonamides is 1. The summed E-state index contributed by atoms with van der Waals surface area (Å²) in [4.78, 5) is 43.5. The fourth-order valence-electron chi connectivity index (χ4n) is 4.91. The number of nitrogens with one attached hydrogen (secondary N) is 2. The number of nitrogens with zero attached hydrogens (tertiary/aromatic N) is 3. The molecule has 39 heavy (non-hydrogen) atoms. The number of carbonyl (C=O) groups is 3. The first-order valence-electron chi connectivity index (χ1n) is 12.8. The zero-order valence-electron chi connectivity index (χ0n) is 21.2. The van der Waals surface area contributed by atoms with Gasteiger partial charge in [0.2, 0.25) is 0 Å². The molecule has 2 aliphatic heterocycles. The minimum atomic E-state index is -3.71. The Balaban J connectivity index is 1.15. The molecule has 3 aromatic rings. The number of thiophene rings is 1. The molecule has 3 amide bonds. The van der Waals surface area contributed by atoms with Gasteiger partial charge in [-0.15, -0.1) is 11.3 Å². The van der Waals surface area contributed by atoms with Gasteiger partial charge in [-0.3, -0.25) is 23.7 Å². The average Bonchev–Trinajstić information content (AvgIpc) is 3.52. The molecule has 0 saturated carbocycles. The number of hydrogen-bond acceptors (Lipinski definition) is 7. The molecule has 2 N–H and O–H groups in total. The molecule has 4 heterocycles. The van der Waals surface area contributed by atoms with Crippen LogP contribution in [0.5, 0.6) is 0 Å². The van der Waals surface area contributed by atoms with Gasteiger partial charge in [0, 0.05) is 49.8 Å². The van der Waals surface area contributed by atoms with Crippen molar-refractivity contribution in [3.63, 3.8) is 0 Å². The summed E-state index contributed by atoms with van der Waals surface area (Å²) in [5, 5.41) is 7.01. The first-order valence-corrected chi connectivity index (χ1v) is 15.1. The lowest BCUT2D eigenvalue weighted by Gasteiger charge is -2.32. The average molecular weight is 568 g/mol. The molecule has 1 saturated heterocycles. The van der Waals surface area contributed by atoms with Gasteiger partial charge in [-0.25, -0.2) is 8.42 Å². The first kappa shape index (κ1) is 26.8. The third-order valence-electron chi connectivity index (χ3n) is 7.05. The summed E-state index contributed by atoms with van der Waals surface area (Å²) >= 11 is 1.16. The topological polar surface area (TPSA) is 129 Å². The monoisotopic (exact) mass is 567 g/mol. The van der Waals surface area contributed by atoms with Crippen LogP contribution in [0.4, 0.5) is 11.4 Å². The van der Waals surface area contributed by atoms with Crippen molar-refractivity contribution in [1.29, 1.82) is 0 Å². The highest BCUT2D eigenvalue weighted by atomic mass is 32.2. The Morgan fingerprint density at radius 3 is 2.49 bits per heavy atom. The van der Waals surface area contributed by atoms with Gasteiger partial charge in [-0.1, -0.05) is 12.1 Å². The summed E-state index contributed by atoms with van der Waals surface area (Å²) in [6, 6.07) is 11.7. The third-order valence-corrected chi connectivity index (χ3v) is 10.2. The number of benzene rings is 1. The zero-order chi connectivity index (χ0) is 27.4. The Morgan fingerprint density at radius 2 is 1.77 bits per heavy atom. The van der Waals surface area contributed by atoms with Gasteiger partial charge in [-0.05, 0) is 72.9 Å². The van der Waals surface area contributed by atoms with E-state index in [1.165, 1.54) is 4.31 Å². The lowest BCUT2D eigenvalue weighted by molar-refractivity contribution is -0.136. The minimum absolute atomic E-state index is 0.0360. The Morgan fingerprint density at radius 1 is 1.00 bits per heavy atom. The van der Waals surface area contributed by atoms with Crippen LogP contribution in [-0.2, 0) is 26.0 Å². The van der Waals surface area contributed by atoms with E-state index in [2.05, 4.69) is 15.6 Å². The van der Waals surface area contributed by atoms with Gasteiger partial charge in [-0.2, -0.15) is 0 Å². The van der Waals surface area contributed by atoms with Crippen molar-refractivity contribution in [2.24, 2.45) is 5.92 Å². The zero-order valence-corrected chi connectivity index (χ0v) is 22.8. The molecule has 2 aromatic heterocycles. The summed E-state index contributed by atoms with van der Waals surface area (Å²) in [5.74, 6) is -1.45. The van der Waals surface area contributed by atoms with Crippen molar-refractivity contribution in [2.75, 3.05) is 35.8 Å². The number of amides is 3. The smallest absolute Gasteiger partial charge is 0.313 e. The van der Waals surface area contributed by atoms with Gasteiger partial charge in [0.05, 0.1) is 5.69 Å². The maximum absolute atomic E-state index is 13.2. The Labute approximate surface area is 231 Å². The van der Waals surface area contributed by atoms with Crippen molar-refractivity contribution in [2.45, 2.75) is 29.9 Å². The molecule has 2 aliphatic rings. The number of hydrogen-bond donors (Lipinski definition) is 2. The van der Waals surface area contributed by atoms with Gasteiger partial charge in [0.15, 0.2) is 0 Å². The van der Waals surface area contributed by atoms with E-state index in [-0.39, 0.29) is 16.0 Å². The van der Waals surface area contributed by atoms with E-state index in [1.54, 1.807) is 65.1 Å². The van der Waals surface area contributed by atoms with Crippen LogP contribution in [0.15, 0.2) is 64.4 Å². The number of fused-ring (bicyclic) bond motifs is 1. The molecule has 0 atom stereocenters. The molecule has 0 bridgehead atoms. The van der Waals surface area contributed by atoms with Crippen molar-refractivity contribution >= 4 is 50.5 Å². The Hall–Kier alpha value is -3.77. The van der Waals surface area contributed by atoms with Crippen molar-refractivity contribution in [1.82, 2.24) is 15.2 Å². The number of rotatable bonds is 6. The SMILES string of the molecule is O=C(NCC1CCN(C(=O)c2ccncc2)CC1)C(=O)Nc1ccc2c(c1)N(S(=O)(=O)c1cccs1)CCC2. The van der Waals surface area contributed by atoms with Crippen LogP contribution in [0.25, 0.3) is 0 Å². The number of anilines is 2. The van der Waals surface area contributed by atoms with Gasteiger partial charge >= 0.3 is 11.8 Å². The van der Waals surface area contributed by atoms with E-state index in [9.17, 15) is 22.8 Å². The van der Waals surface area contributed by atoms with Crippen LogP contribution in [0.1, 0.15) is 35.2 Å². The number of aryl methyl sites for hydroxylation is 1. The molecule has 1 fully saturated rings. The maximum Gasteiger partial charge on any atom is 0.313 e. The summed E-state index contributed by atoms with van der Waals surface area (Å²) in [5.41, 5.74) is 2.34.